The maximum atomic E-state index is 3.31. The van der Waals surface area contributed by atoms with E-state index in [1.807, 2.05) is 24.3 Å². The minimum absolute atomic E-state index is 0.911. The molecule has 0 aliphatic rings. The Morgan fingerprint density at radius 3 is 2.90 bits per heavy atom. The molecule has 0 aliphatic carbocycles. The number of rotatable bonds is 0. The van der Waals surface area contributed by atoms with Crippen molar-refractivity contribution in [2.75, 3.05) is 0 Å². The predicted octanol–water partition coefficient (Wildman–Crippen LogP) is 2.73. The fraction of sp³-hybridized carbons (Fsp3) is 0. The van der Waals surface area contributed by atoms with E-state index in [1.54, 1.807) is 0 Å². The summed E-state index contributed by atoms with van der Waals surface area (Å²) in [6.45, 7) is 0. The van der Waals surface area contributed by atoms with Crippen molar-refractivity contribution in [3.05, 3.63) is 34.9 Å². The van der Waals surface area contributed by atoms with Crippen molar-refractivity contribution in [2.24, 2.45) is 0 Å². The minimum Gasteiger partial charge on any atom is -0.349 e. The molecule has 1 aromatic carbocycles. The fourth-order valence-electron chi connectivity index (χ4n) is 0.969. The molecule has 0 unspecified atom stereocenters. The summed E-state index contributed by atoms with van der Waals surface area (Å²) in [7, 11) is 0. The fourth-order valence-corrected chi connectivity index (χ4v) is 1.40. The molecule has 1 N–H and O–H groups in total. The van der Waals surface area contributed by atoms with Crippen molar-refractivity contribution in [3.8, 4) is 0 Å². The number of nitrogens with one attached hydrogen (secondary N) is 1. The lowest BCUT2D eigenvalue weighted by Gasteiger charge is -1.83. The Morgan fingerprint density at radius 1 is 1.30 bits per heavy atom. The molecule has 0 fully saturated rings. The average Bonchev–Trinajstić information content (AvgIpc) is 2.27. The van der Waals surface area contributed by atoms with Gasteiger partial charge in [0.05, 0.1) is 4.60 Å². The third-order valence-corrected chi connectivity index (χ3v) is 1.81. The molecule has 2 rings (SSSR count). The highest BCUT2D eigenvalue weighted by atomic mass is 79.9. The van der Waals surface area contributed by atoms with Crippen molar-refractivity contribution >= 4 is 26.8 Å². The van der Waals surface area contributed by atoms with E-state index in [2.05, 4.69) is 27.0 Å². The summed E-state index contributed by atoms with van der Waals surface area (Å²) in [6, 6.07) is 11.2. The van der Waals surface area contributed by atoms with Crippen LogP contribution < -0.4 is 0 Å². The number of H-pyrrole nitrogens is 1. The van der Waals surface area contributed by atoms with E-state index in [-0.39, 0.29) is 0 Å². The van der Waals surface area contributed by atoms with Gasteiger partial charge in [-0.25, -0.2) is 0 Å². The zero-order valence-corrected chi connectivity index (χ0v) is 6.77. The first-order valence-electron chi connectivity index (χ1n) is 3.02. The molecule has 0 atom stereocenters. The van der Waals surface area contributed by atoms with Crippen LogP contribution in [0, 0.1) is 6.07 Å². The predicted molar refractivity (Wildman–Crippen MR) is 44.8 cm³/mol. The smallest absolute Gasteiger partial charge is 0.0911 e. The minimum atomic E-state index is 0.911. The van der Waals surface area contributed by atoms with Gasteiger partial charge in [0.15, 0.2) is 0 Å². The normalized spacial score (nSPS) is 10.5. The van der Waals surface area contributed by atoms with Gasteiger partial charge in [0.2, 0.25) is 0 Å². The zero-order chi connectivity index (χ0) is 6.97. The third kappa shape index (κ3) is 0.847. The first kappa shape index (κ1) is 5.98. The summed E-state index contributed by atoms with van der Waals surface area (Å²) in [5.74, 6) is 0. The largest absolute Gasteiger partial charge is 0.349 e. The lowest BCUT2D eigenvalue weighted by molar-refractivity contribution is 1.41. The Balaban J connectivity index is 2.88. The summed E-state index contributed by atoms with van der Waals surface area (Å²) in [4.78, 5) is 3.12. The SMILES string of the molecule is Brc1[c]c2ccccc2[nH]1. The van der Waals surface area contributed by atoms with Crippen molar-refractivity contribution in [2.45, 2.75) is 0 Å². The van der Waals surface area contributed by atoms with E-state index in [1.165, 1.54) is 0 Å². The Hall–Kier alpha value is -0.760. The molecule has 10 heavy (non-hydrogen) atoms. The lowest BCUT2D eigenvalue weighted by Crippen LogP contribution is -1.62. The second-order valence-corrected chi connectivity index (χ2v) is 2.90. The molecular weight excluding hydrogens is 190 g/mol. The molecule has 0 bridgehead atoms. The van der Waals surface area contributed by atoms with E-state index < -0.39 is 0 Å². The average molecular weight is 195 g/mol. The maximum Gasteiger partial charge on any atom is 0.0911 e. The van der Waals surface area contributed by atoms with E-state index in [0.29, 0.717) is 0 Å². The molecule has 1 aromatic heterocycles. The maximum absolute atomic E-state index is 3.31. The molecule has 0 aliphatic heterocycles. The van der Waals surface area contributed by atoms with Crippen LogP contribution in [0.5, 0.6) is 0 Å². The highest BCUT2D eigenvalue weighted by Gasteiger charge is 1.94. The molecule has 0 saturated heterocycles. The number of hydrogen-bond donors (Lipinski definition) is 1. The molecule has 2 aromatic rings. The van der Waals surface area contributed by atoms with Crippen LogP contribution in [-0.4, -0.2) is 4.98 Å². The quantitative estimate of drug-likeness (QED) is 0.665. The monoisotopic (exact) mass is 194 g/mol. The number of benzene rings is 1. The third-order valence-electron chi connectivity index (χ3n) is 1.42. The van der Waals surface area contributed by atoms with Gasteiger partial charge in [-0.15, -0.1) is 0 Å². The van der Waals surface area contributed by atoms with Crippen molar-refractivity contribution in [1.29, 1.82) is 0 Å². The van der Waals surface area contributed by atoms with Crippen molar-refractivity contribution in [1.82, 2.24) is 4.98 Å². The van der Waals surface area contributed by atoms with Crippen LogP contribution in [0.2, 0.25) is 0 Å². The van der Waals surface area contributed by atoms with Gasteiger partial charge < -0.3 is 4.98 Å². The highest BCUT2D eigenvalue weighted by Crippen LogP contribution is 2.16. The second-order valence-electron chi connectivity index (χ2n) is 2.11. The molecule has 49 valence electrons. The van der Waals surface area contributed by atoms with Crippen LogP contribution in [0.25, 0.3) is 10.9 Å². The molecule has 0 saturated carbocycles. The van der Waals surface area contributed by atoms with Gasteiger partial charge in [0.25, 0.3) is 0 Å². The molecule has 1 radical (unpaired) electrons. The van der Waals surface area contributed by atoms with Gasteiger partial charge in [-0.05, 0) is 22.0 Å². The number of fused-ring (bicyclic) bond motifs is 1. The molecule has 2 heteroatoms. The Morgan fingerprint density at radius 2 is 2.10 bits per heavy atom. The van der Waals surface area contributed by atoms with Crippen LogP contribution >= 0.6 is 15.9 Å². The Kier molecular flexibility index (Phi) is 1.27. The number of halogens is 1. The molecular formula is C8H5BrN. The standard InChI is InChI=1S/C8H5BrN/c9-8-5-6-3-1-2-4-7(6)10-8/h1-4,10H. The van der Waals surface area contributed by atoms with Crippen LogP contribution in [-0.2, 0) is 0 Å². The first-order chi connectivity index (χ1) is 4.86. The molecule has 0 spiro atoms. The highest BCUT2D eigenvalue weighted by molar-refractivity contribution is 9.10. The summed E-state index contributed by atoms with van der Waals surface area (Å²) in [5, 5.41) is 1.12. The van der Waals surface area contributed by atoms with Crippen molar-refractivity contribution in [3.63, 3.8) is 0 Å². The van der Waals surface area contributed by atoms with Crippen molar-refractivity contribution < 1.29 is 0 Å². The summed E-state index contributed by atoms with van der Waals surface area (Å²) < 4.78 is 0.911. The molecule has 1 nitrogen and oxygen atoms in total. The zero-order valence-electron chi connectivity index (χ0n) is 5.19. The van der Waals surface area contributed by atoms with Crippen LogP contribution in [0.4, 0.5) is 0 Å². The van der Waals surface area contributed by atoms with Gasteiger partial charge in [-0.2, -0.15) is 0 Å². The lowest BCUT2D eigenvalue weighted by atomic mass is 10.3. The topological polar surface area (TPSA) is 15.8 Å². The first-order valence-corrected chi connectivity index (χ1v) is 3.81. The van der Waals surface area contributed by atoms with Gasteiger partial charge >= 0.3 is 0 Å². The number of para-hydroxylation sites is 1. The van der Waals surface area contributed by atoms with Gasteiger partial charge in [0, 0.05) is 17.0 Å². The van der Waals surface area contributed by atoms with Gasteiger partial charge in [-0.1, -0.05) is 18.2 Å². The number of hydrogen-bond acceptors (Lipinski definition) is 0. The Bertz CT molecular complexity index is 318. The summed E-state index contributed by atoms with van der Waals surface area (Å²) >= 11 is 3.31. The van der Waals surface area contributed by atoms with Crippen LogP contribution in [0.3, 0.4) is 0 Å². The van der Waals surface area contributed by atoms with E-state index >= 15 is 0 Å². The Labute approximate surface area is 67.2 Å². The van der Waals surface area contributed by atoms with E-state index in [4.69, 9.17) is 0 Å². The van der Waals surface area contributed by atoms with Crippen LogP contribution in [0.15, 0.2) is 28.9 Å². The van der Waals surface area contributed by atoms with Crippen LogP contribution in [0.1, 0.15) is 0 Å². The molecule has 0 amide bonds. The van der Waals surface area contributed by atoms with E-state index in [9.17, 15) is 0 Å². The number of aromatic amines is 1. The molecule has 1 heterocycles. The number of aromatic nitrogens is 1. The van der Waals surface area contributed by atoms with Gasteiger partial charge in [-0.3, -0.25) is 0 Å². The summed E-state index contributed by atoms with van der Waals surface area (Å²) in [5.41, 5.74) is 1.12. The second kappa shape index (κ2) is 2.13. The van der Waals surface area contributed by atoms with Gasteiger partial charge in [0.1, 0.15) is 0 Å². The van der Waals surface area contributed by atoms with E-state index in [0.717, 1.165) is 15.5 Å². The summed E-state index contributed by atoms with van der Waals surface area (Å²) in [6.07, 6.45) is 0.